The minimum atomic E-state index is -1.02. The van der Waals surface area contributed by atoms with Crippen molar-refractivity contribution in [2.75, 3.05) is 13.2 Å². The lowest BCUT2D eigenvalue weighted by atomic mass is 9.75. The molecule has 27 heavy (non-hydrogen) atoms. The van der Waals surface area contributed by atoms with Gasteiger partial charge in [0, 0.05) is 12.2 Å². The van der Waals surface area contributed by atoms with E-state index in [9.17, 15) is 14.6 Å². The van der Waals surface area contributed by atoms with Crippen LogP contribution in [0.4, 0.5) is 0 Å². The SMILES string of the molecule is Cc1c(C(=O)N[C@H](C(=O)OCC2CCCO2)C(C)C)ccc2c1B(O)OC2. The van der Waals surface area contributed by atoms with Crippen LogP contribution in [0.1, 0.15) is 48.2 Å². The fraction of sp³-hybridized carbons (Fsp3) is 0.579. The fourth-order valence-corrected chi connectivity index (χ4v) is 3.51. The molecule has 2 aliphatic rings. The lowest BCUT2D eigenvalue weighted by molar-refractivity contribution is -0.150. The zero-order chi connectivity index (χ0) is 19.6. The summed E-state index contributed by atoms with van der Waals surface area (Å²) in [6.07, 6.45) is 1.79. The summed E-state index contributed by atoms with van der Waals surface area (Å²) in [5.41, 5.74) is 2.57. The molecule has 3 rings (SSSR count). The molecule has 1 unspecified atom stereocenters. The van der Waals surface area contributed by atoms with E-state index in [1.165, 1.54) is 0 Å². The molecule has 0 bridgehead atoms. The minimum Gasteiger partial charge on any atom is -0.461 e. The number of rotatable bonds is 6. The fourth-order valence-electron chi connectivity index (χ4n) is 3.51. The first-order valence-electron chi connectivity index (χ1n) is 9.39. The minimum absolute atomic E-state index is 0.0575. The normalized spacial score (nSPS) is 19.9. The van der Waals surface area contributed by atoms with Gasteiger partial charge in [0.05, 0.1) is 12.7 Å². The molecule has 2 N–H and O–H groups in total. The Kier molecular flexibility index (Phi) is 6.19. The number of esters is 1. The van der Waals surface area contributed by atoms with Crippen LogP contribution in [-0.4, -0.2) is 49.4 Å². The van der Waals surface area contributed by atoms with Gasteiger partial charge >= 0.3 is 13.1 Å². The van der Waals surface area contributed by atoms with E-state index in [-0.39, 0.29) is 24.5 Å². The first-order chi connectivity index (χ1) is 12.9. The lowest BCUT2D eigenvalue weighted by Gasteiger charge is -2.22. The van der Waals surface area contributed by atoms with Gasteiger partial charge in [0.25, 0.3) is 5.91 Å². The zero-order valence-corrected chi connectivity index (χ0v) is 16.0. The van der Waals surface area contributed by atoms with E-state index in [1.807, 2.05) is 13.8 Å². The van der Waals surface area contributed by atoms with Crippen molar-refractivity contribution < 1.29 is 28.7 Å². The molecule has 8 heteroatoms. The molecule has 1 aromatic carbocycles. The number of hydrogen-bond donors (Lipinski definition) is 2. The maximum absolute atomic E-state index is 12.8. The Labute approximate surface area is 159 Å². The zero-order valence-electron chi connectivity index (χ0n) is 16.0. The molecule has 2 atom stereocenters. The van der Waals surface area contributed by atoms with E-state index >= 15 is 0 Å². The third kappa shape index (κ3) is 4.34. The van der Waals surface area contributed by atoms with Crippen LogP contribution in [0.25, 0.3) is 0 Å². The number of nitrogens with one attached hydrogen (secondary N) is 1. The Morgan fingerprint density at radius 3 is 2.85 bits per heavy atom. The van der Waals surface area contributed by atoms with Crippen LogP contribution in [0.15, 0.2) is 12.1 Å². The average molecular weight is 375 g/mol. The van der Waals surface area contributed by atoms with E-state index in [2.05, 4.69) is 5.32 Å². The number of fused-ring (bicyclic) bond motifs is 1. The molecule has 1 fully saturated rings. The largest absolute Gasteiger partial charge is 0.492 e. The van der Waals surface area contributed by atoms with Crippen LogP contribution in [0, 0.1) is 12.8 Å². The third-order valence-corrected chi connectivity index (χ3v) is 5.14. The predicted molar refractivity (Wildman–Crippen MR) is 99.6 cm³/mol. The number of benzene rings is 1. The average Bonchev–Trinajstić information content (AvgIpc) is 3.27. The maximum atomic E-state index is 12.8. The van der Waals surface area contributed by atoms with E-state index in [1.54, 1.807) is 19.1 Å². The summed E-state index contributed by atoms with van der Waals surface area (Å²) in [5.74, 6) is -0.965. The van der Waals surface area contributed by atoms with E-state index in [0.717, 1.165) is 18.4 Å². The van der Waals surface area contributed by atoms with E-state index < -0.39 is 19.1 Å². The number of carbonyl (C=O) groups excluding carboxylic acids is 2. The van der Waals surface area contributed by atoms with Gasteiger partial charge in [0.2, 0.25) is 0 Å². The molecule has 2 aliphatic heterocycles. The first-order valence-corrected chi connectivity index (χ1v) is 9.39. The molecule has 1 amide bonds. The lowest BCUT2D eigenvalue weighted by Crippen LogP contribution is -2.46. The van der Waals surface area contributed by atoms with Crippen molar-refractivity contribution in [3.63, 3.8) is 0 Å². The Morgan fingerprint density at radius 1 is 1.41 bits per heavy atom. The van der Waals surface area contributed by atoms with E-state index in [4.69, 9.17) is 14.1 Å². The van der Waals surface area contributed by atoms with Gasteiger partial charge in [-0.3, -0.25) is 4.79 Å². The highest BCUT2D eigenvalue weighted by molar-refractivity contribution is 6.62. The second-order valence-electron chi connectivity index (χ2n) is 7.43. The van der Waals surface area contributed by atoms with Crippen LogP contribution in [0.2, 0.25) is 0 Å². The summed E-state index contributed by atoms with van der Waals surface area (Å²) < 4.78 is 16.0. The molecule has 1 saturated heterocycles. The monoisotopic (exact) mass is 375 g/mol. The van der Waals surface area contributed by atoms with Crippen molar-refractivity contribution in [3.05, 3.63) is 28.8 Å². The number of ether oxygens (including phenoxy) is 2. The summed E-state index contributed by atoms with van der Waals surface area (Å²) in [6, 6.07) is 2.71. The molecule has 0 spiro atoms. The van der Waals surface area contributed by atoms with Gasteiger partial charge in [0.1, 0.15) is 12.6 Å². The topological polar surface area (TPSA) is 94.1 Å². The van der Waals surface area contributed by atoms with Gasteiger partial charge in [-0.1, -0.05) is 19.9 Å². The quantitative estimate of drug-likeness (QED) is 0.561. The van der Waals surface area contributed by atoms with Crippen LogP contribution in [-0.2, 0) is 25.5 Å². The molecule has 7 nitrogen and oxygen atoms in total. The summed E-state index contributed by atoms with van der Waals surface area (Å²) >= 11 is 0. The molecule has 0 aliphatic carbocycles. The molecular formula is C19H26BNO6. The molecule has 0 aromatic heterocycles. The number of hydrogen-bond acceptors (Lipinski definition) is 6. The third-order valence-electron chi connectivity index (χ3n) is 5.14. The molecule has 146 valence electrons. The highest BCUT2D eigenvalue weighted by Crippen LogP contribution is 2.17. The first kappa shape index (κ1) is 19.9. The summed E-state index contributed by atoms with van der Waals surface area (Å²) in [7, 11) is -1.02. The Hall–Kier alpha value is -1.90. The van der Waals surface area contributed by atoms with Gasteiger partial charge in [-0.2, -0.15) is 0 Å². The van der Waals surface area contributed by atoms with Crippen molar-refractivity contribution in [3.8, 4) is 0 Å². The van der Waals surface area contributed by atoms with Crippen LogP contribution in [0.3, 0.4) is 0 Å². The molecule has 0 radical (unpaired) electrons. The molecule has 1 aromatic rings. The van der Waals surface area contributed by atoms with Crippen LogP contribution in [0.5, 0.6) is 0 Å². The van der Waals surface area contributed by atoms with Gasteiger partial charge < -0.3 is 24.5 Å². The van der Waals surface area contributed by atoms with E-state index in [0.29, 0.717) is 29.8 Å². The van der Waals surface area contributed by atoms with Gasteiger partial charge in [-0.15, -0.1) is 0 Å². The van der Waals surface area contributed by atoms with Crippen molar-refractivity contribution in [2.45, 2.75) is 52.4 Å². The second kappa shape index (κ2) is 8.41. The number of amides is 1. The molecule has 0 saturated carbocycles. The highest BCUT2D eigenvalue weighted by Gasteiger charge is 2.33. The predicted octanol–water partition coefficient (Wildman–Crippen LogP) is 0.689. The van der Waals surface area contributed by atoms with Crippen LogP contribution < -0.4 is 10.8 Å². The van der Waals surface area contributed by atoms with Gasteiger partial charge in [0.15, 0.2) is 0 Å². The number of carbonyl (C=O) groups is 2. The van der Waals surface area contributed by atoms with Gasteiger partial charge in [-0.05, 0) is 48.3 Å². The summed E-state index contributed by atoms with van der Waals surface area (Å²) in [5, 5.41) is 12.7. The van der Waals surface area contributed by atoms with Crippen molar-refractivity contribution in [2.24, 2.45) is 5.92 Å². The maximum Gasteiger partial charge on any atom is 0.492 e. The van der Waals surface area contributed by atoms with Crippen molar-refractivity contribution in [1.29, 1.82) is 0 Å². The Morgan fingerprint density at radius 2 is 2.19 bits per heavy atom. The summed E-state index contributed by atoms with van der Waals surface area (Å²) in [4.78, 5) is 25.3. The van der Waals surface area contributed by atoms with Crippen molar-refractivity contribution in [1.82, 2.24) is 5.32 Å². The van der Waals surface area contributed by atoms with Crippen molar-refractivity contribution >= 4 is 24.5 Å². The van der Waals surface area contributed by atoms with Crippen LogP contribution >= 0.6 is 0 Å². The van der Waals surface area contributed by atoms with Gasteiger partial charge in [-0.25, -0.2) is 4.79 Å². The smallest absolute Gasteiger partial charge is 0.461 e. The Balaban J connectivity index is 1.68. The highest BCUT2D eigenvalue weighted by atomic mass is 16.6. The summed E-state index contributed by atoms with van der Waals surface area (Å²) in [6.45, 7) is 6.70. The molecular weight excluding hydrogens is 349 g/mol. The standard InChI is InChI=1S/C19H26BNO6/c1-11(2)17(19(23)26-10-14-5-4-8-25-14)21-18(22)15-7-6-13-9-27-20(24)16(13)12(15)3/h6-7,11,14,17,24H,4-5,8-10H2,1-3H3,(H,21,22)/t14?,17-/m0/s1. The second-order valence-corrected chi connectivity index (χ2v) is 7.43. The molecule has 2 heterocycles. The Bertz CT molecular complexity index is 716.